The van der Waals surface area contributed by atoms with Crippen molar-refractivity contribution in [1.82, 2.24) is 0 Å². The van der Waals surface area contributed by atoms with Crippen molar-refractivity contribution in [1.29, 1.82) is 0 Å². The van der Waals surface area contributed by atoms with Crippen LogP contribution in [0.4, 0.5) is 0 Å². The Morgan fingerprint density at radius 2 is 0.505 bits per heavy atom. The van der Waals surface area contributed by atoms with E-state index < -0.39 is 31.7 Å². The minimum absolute atomic E-state index is 0.138. The lowest BCUT2D eigenvalue weighted by Gasteiger charge is -2.19. The van der Waals surface area contributed by atoms with Crippen LogP contribution in [-0.2, 0) is 42.6 Å². The maximum Gasteiger partial charge on any atom is 0.647 e. The molecule has 0 atom stereocenters. The van der Waals surface area contributed by atoms with Gasteiger partial charge in [-0.05, 0) is 123 Å². The molecule has 0 fully saturated rings. The van der Waals surface area contributed by atoms with E-state index in [1.807, 2.05) is 45.9 Å². The van der Waals surface area contributed by atoms with E-state index in [-0.39, 0.29) is 34.9 Å². The zero-order valence-electron chi connectivity index (χ0n) is 67.4. The molecule has 0 bridgehead atoms. The van der Waals surface area contributed by atoms with E-state index in [9.17, 15) is 33.3 Å². The van der Waals surface area contributed by atoms with E-state index in [4.69, 9.17) is 42.0 Å². The molecule has 107 heavy (non-hydrogen) atoms. The third kappa shape index (κ3) is 52.3. The van der Waals surface area contributed by atoms with Gasteiger partial charge >= 0.3 is 43.6 Å². The fourth-order valence-electron chi connectivity index (χ4n) is 10.9. The van der Waals surface area contributed by atoms with E-state index in [1.165, 1.54) is 141 Å². The Morgan fingerprint density at radius 1 is 0.271 bits per heavy atom. The van der Waals surface area contributed by atoms with Gasteiger partial charge in [-0.1, -0.05) is 315 Å². The molecule has 0 spiro atoms. The van der Waals surface area contributed by atoms with Crippen LogP contribution in [0, 0.1) is 23.7 Å². The van der Waals surface area contributed by atoms with Gasteiger partial charge in [0, 0.05) is 12.8 Å². The topological polar surface area (TPSA) is 203 Å². The van der Waals surface area contributed by atoms with Crippen LogP contribution in [0.15, 0.2) is 140 Å². The first kappa shape index (κ1) is 95.6. The third-order valence-corrected chi connectivity index (χ3v) is 18.4. The van der Waals surface area contributed by atoms with Crippen LogP contribution in [-0.4, -0.2) is 75.5 Å². The molecule has 0 radical (unpaired) electrons. The highest BCUT2D eigenvalue weighted by Crippen LogP contribution is 2.49. The molecule has 0 heterocycles. The van der Waals surface area contributed by atoms with Gasteiger partial charge in [-0.3, -0.25) is 9.59 Å². The lowest BCUT2D eigenvalue weighted by molar-refractivity contribution is -0.146. The highest BCUT2D eigenvalue weighted by Gasteiger charge is 2.33. The number of phosphoric acid groups is 1. The SMILES string of the molecule is CC(C)CCCCCCCOC(=O)CCCCC(=O)OCCCCCCCC(C)C.CC(C)COC(=O)c1ccccc1C(=O)OCC(C)C.CCCCCCCCCCCOC(=O)c1ccccc1C(=O)OCCCCCCCCCCC.O=P(Oc1ccccc1)(Oc1ccccc1)Oc1ccccc1. The number of hydrogen-bond acceptors (Lipinski definition) is 16. The summed E-state index contributed by atoms with van der Waals surface area (Å²) in [5, 5.41) is 0. The molecule has 0 N–H and O–H groups in total. The fraction of sp³-hybridized carbons (Fsp3) is 0.600. The predicted molar refractivity (Wildman–Crippen MR) is 432 cm³/mol. The molecule has 17 heteroatoms. The highest BCUT2D eigenvalue weighted by molar-refractivity contribution is 7.49. The number of ether oxygens (including phenoxy) is 6. The summed E-state index contributed by atoms with van der Waals surface area (Å²) in [5.74, 6) is 1.17. The van der Waals surface area contributed by atoms with Crippen LogP contribution in [0.5, 0.6) is 17.2 Å². The molecule has 0 amide bonds. The maximum absolute atomic E-state index is 13.1. The smallest absolute Gasteiger partial charge is 0.466 e. The molecular formula is C90H137O16P. The largest absolute Gasteiger partial charge is 0.647 e. The lowest BCUT2D eigenvalue weighted by atomic mass is 10.0. The Bertz CT molecular complexity index is 2850. The minimum atomic E-state index is -3.89. The highest BCUT2D eigenvalue weighted by atomic mass is 31.2. The van der Waals surface area contributed by atoms with Gasteiger partial charge in [-0.15, -0.1) is 0 Å². The number of carbonyl (C=O) groups is 6. The van der Waals surface area contributed by atoms with Crippen molar-refractivity contribution in [3.05, 3.63) is 162 Å². The molecule has 5 rings (SSSR count). The molecule has 16 nitrogen and oxygen atoms in total. The van der Waals surface area contributed by atoms with Gasteiger partial charge in [0.2, 0.25) is 0 Å². The number of para-hydroxylation sites is 3. The van der Waals surface area contributed by atoms with E-state index >= 15 is 0 Å². The Morgan fingerprint density at radius 3 is 0.766 bits per heavy atom. The Balaban J connectivity index is 0.000000493. The summed E-state index contributed by atoms with van der Waals surface area (Å²) in [7, 11) is -3.89. The molecular weight excluding hydrogens is 1370 g/mol. The Hall–Kier alpha value is -7.45. The molecule has 0 unspecified atom stereocenters. The first-order valence-electron chi connectivity index (χ1n) is 40.8. The summed E-state index contributed by atoms with van der Waals surface area (Å²) in [6, 6.07) is 39.7. The summed E-state index contributed by atoms with van der Waals surface area (Å²) in [5.41, 5.74) is 1.11. The molecule has 0 aliphatic heterocycles. The number of hydrogen-bond donors (Lipinski definition) is 0. The van der Waals surface area contributed by atoms with E-state index in [0.29, 0.717) is 93.7 Å². The molecule has 0 saturated carbocycles. The van der Waals surface area contributed by atoms with Crippen molar-refractivity contribution >= 4 is 43.6 Å². The van der Waals surface area contributed by atoms with Crippen LogP contribution >= 0.6 is 7.82 Å². The number of rotatable bonds is 55. The number of phosphoric ester groups is 1. The van der Waals surface area contributed by atoms with E-state index in [2.05, 4.69) is 41.5 Å². The van der Waals surface area contributed by atoms with Crippen LogP contribution in [0.2, 0.25) is 0 Å². The van der Waals surface area contributed by atoms with Crippen LogP contribution < -0.4 is 13.6 Å². The average Bonchev–Trinajstić information content (AvgIpc) is 0.852. The van der Waals surface area contributed by atoms with Gasteiger partial charge in [0.15, 0.2) is 0 Å². The van der Waals surface area contributed by atoms with Crippen molar-refractivity contribution in [2.75, 3.05) is 39.6 Å². The van der Waals surface area contributed by atoms with Crippen LogP contribution in [0.25, 0.3) is 0 Å². The minimum Gasteiger partial charge on any atom is -0.466 e. The van der Waals surface area contributed by atoms with Crippen LogP contribution in [0.3, 0.4) is 0 Å². The van der Waals surface area contributed by atoms with Gasteiger partial charge in [0.1, 0.15) is 17.2 Å². The molecule has 0 aromatic heterocycles. The van der Waals surface area contributed by atoms with Gasteiger partial charge in [-0.2, -0.15) is 4.57 Å². The van der Waals surface area contributed by atoms with Gasteiger partial charge < -0.3 is 42.0 Å². The number of carbonyl (C=O) groups excluding carboxylic acids is 6. The summed E-state index contributed by atoms with van der Waals surface area (Å²) in [6.45, 7) is 23.9. The monoisotopic (exact) mass is 1500 g/mol. The van der Waals surface area contributed by atoms with Crippen molar-refractivity contribution in [3.8, 4) is 17.2 Å². The fourth-order valence-corrected chi connectivity index (χ4v) is 12.2. The van der Waals surface area contributed by atoms with Gasteiger partial charge in [-0.25, -0.2) is 19.2 Å². The number of benzene rings is 5. The zero-order chi connectivity index (χ0) is 78.2. The normalized spacial score (nSPS) is 10.9. The standard InChI is InChI=1S/C30H50O4.C26H50O4.C18H15O4P.C16H22O4/c1-3-5-7-9-11-13-15-17-21-25-33-29(31)27-23-19-20-24-28(27)30(32)34-26-22-18-16-14-12-10-8-6-4-2;1-23(2)17-11-7-5-9-15-21-29-25(27)19-13-14-20-26(28)30-22-16-10-6-8-12-18-24(3)4;19-23(20-16-10-4-1-5-11-16,21-17-12-6-2-7-13-17)22-18-14-8-3-9-15-18;1-11(2)9-19-15(17)13-7-5-6-8-14(13)16(18)20-10-12(3)4/h19-20,23-24H,3-18,21-22,25-26H2,1-2H3;23-24H,5-22H2,1-4H3;1-15H;5-8,11-12H,9-10H2,1-4H3. The second kappa shape index (κ2) is 63.5. The molecule has 0 saturated heterocycles. The quantitative estimate of drug-likeness (QED) is 0.0154. The molecule has 0 aliphatic rings. The molecule has 0 aliphatic carbocycles. The Kier molecular flexibility index (Phi) is 56.7. The van der Waals surface area contributed by atoms with Gasteiger partial charge in [0.25, 0.3) is 0 Å². The third-order valence-electron chi connectivity index (χ3n) is 17.1. The summed E-state index contributed by atoms with van der Waals surface area (Å²) < 4.78 is 61.4. The summed E-state index contributed by atoms with van der Waals surface area (Å²) in [6.07, 6.45) is 38.5. The average molecular weight is 1510 g/mol. The molecule has 5 aromatic carbocycles. The number of esters is 6. The second-order valence-electron chi connectivity index (χ2n) is 29.2. The Labute approximate surface area is 645 Å². The summed E-state index contributed by atoms with van der Waals surface area (Å²) in [4.78, 5) is 72.4. The summed E-state index contributed by atoms with van der Waals surface area (Å²) >= 11 is 0. The maximum atomic E-state index is 13.1. The van der Waals surface area contributed by atoms with Gasteiger partial charge in [0.05, 0.1) is 61.9 Å². The van der Waals surface area contributed by atoms with Crippen molar-refractivity contribution in [2.24, 2.45) is 23.7 Å². The molecule has 5 aromatic rings. The lowest BCUT2D eigenvalue weighted by Crippen LogP contribution is -2.17. The van der Waals surface area contributed by atoms with E-state index in [1.54, 1.807) is 121 Å². The second-order valence-corrected chi connectivity index (χ2v) is 30.7. The first-order valence-corrected chi connectivity index (χ1v) is 42.2. The predicted octanol–water partition coefficient (Wildman–Crippen LogP) is 25.3. The molecule has 598 valence electrons. The number of unbranched alkanes of at least 4 members (excludes halogenated alkanes) is 25. The van der Waals surface area contributed by atoms with Crippen molar-refractivity contribution in [2.45, 2.75) is 288 Å². The van der Waals surface area contributed by atoms with Crippen LogP contribution in [0.1, 0.15) is 329 Å². The van der Waals surface area contributed by atoms with Crippen molar-refractivity contribution < 1.29 is 75.3 Å². The first-order chi connectivity index (χ1) is 51.8. The van der Waals surface area contributed by atoms with E-state index in [0.717, 1.165) is 63.2 Å². The van der Waals surface area contributed by atoms with Crippen molar-refractivity contribution in [3.63, 3.8) is 0 Å². The zero-order valence-corrected chi connectivity index (χ0v) is 68.2.